The number of nitro groups is 1. The number of hydrogen-bond donors (Lipinski definition) is 1. The van der Waals surface area contributed by atoms with Crippen LogP contribution in [0.25, 0.3) is 6.08 Å². The minimum Gasteiger partial charge on any atom is -0.467 e. The predicted molar refractivity (Wildman–Crippen MR) is 112 cm³/mol. The topological polar surface area (TPSA) is 109 Å². The number of fused-ring (bicyclic) bond motifs is 1. The average Bonchev–Trinajstić information content (AvgIpc) is 3.21. The largest absolute Gasteiger partial charge is 0.467 e. The number of carbonyl (C=O) groups excluding carboxylic acids is 1. The lowest BCUT2D eigenvalue weighted by Crippen LogP contribution is -2.29. The Kier molecular flexibility index (Phi) is 5.76. The zero-order valence-electron chi connectivity index (χ0n) is 16.7. The van der Waals surface area contributed by atoms with E-state index in [1.165, 1.54) is 24.3 Å². The Hall–Kier alpha value is -3.98. The van der Waals surface area contributed by atoms with E-state index in [0.29, 0.717) is 22.7 Å². The molecule has 0 fully saturated rings. The third kappa shape index (κ3) is 4.46. The molecule has 158 valence electrons. The normalized spacial score (nSPS) is 14.0. The van der Waals surface area contributed by atoms with Gasteiger partial charge in [0, 0.05) is 48.8 Å². The Morgan fingerprint density at radius 2 is 2.13 bits per heavy atom. The van der Waals surface area contributed by atoms with Gasteiger partial charge in [-0.2, -0.15) is 0 Å². The molecule has 9 heteroatoms. The van der Waals surface area contributed by atoms with Crippen molar-refractivity contribution in [3.8, 4) is 5.75 Å². The van der Waals surface area contributed by atoms with Gasteiger partial charge in [0.05, 0.1) is 11.5 Å². The standard InChI is InChI=1S/C22H20N4O5/c1-25-10-9-23-22(25)20(15-5-3-2-4-6-15)24-19(27)8-7-16-11-18(26(28)29)12-17-13-30-14-31-21(16)17/h2-12,20H,13-14H2,1H3,(H,24,27)/b8-7+. The van der Waals surface area contributed by atoms with Crippen LogP contribution in [0.5, 0.6) is 5.75 Å². The summed E-state index contributed by atoms with van der Waals surface area (Å²) < 4.78 is 12.6. The molecule has 1 aliphatic rings. The number of amides is 1. The summed E-state index contributed by atoms with van der Waals surface area (Å²) in [4.78, 5) is 27.9. The van der Waals surface area contributed by atoms with Gasteiger partial charge in [0.2, 0.25) is 5.91 Å². The van der Waals surface area contributed by atoms with Crippen LogP contribution in [0, 0.1) is 10.1 Å². The van der Waals surface area contributed by atoms with Crippen molar-refractivity contribution in [1.29, 1.82) is 0 Å². The Labute approximate surface area is 178 Å². The zero-order valence-corrected chi connectivity index (χ0v) is 16.7. The predicted octanol–water partition coefficient (Wildman–Crippen LogP) is 3.11. The molecule has 1 N–H and O–H groups in total. The summed E-state index contributed by atoms with van der Waals surface area (Å²) in [7, 11) is 1.86. The molecule has 1 aliphatic heterocycles. The number of carbonyl (C=O) groups is 1. The third-order valence-electron chi connectivity index (χ3n) is 4.88. The quantitative estimate of drug-likeness (QED) is 0.373. The fourth-order valence-corrected chi connectivity index (χ4v) is 3.41. The van der Waals surface area contributed by atoms with E-state index in [4.69, 9.17) is 9.47 Å². The highest BCUT2D eigenvalue weighted by Gasteiger charge is 2.21. The van der Waals surface area contributed by atoms with Crippen molar-refractivity contribution < 1.29 is 19.2 Å². The molecule has 2 heterocycles. The first-order valence-electron chi connectivity index (χ1n) is 9.55. The summed E-state index contributed by atoms with van der Waals surface area (Å²) in [6.45, 7) is 0.256. The van der Waals surface area contributed by atoms with Gasteiger partial charge in [-0.3, -0.25) is 14.9 Å². The molecule has 1 amide bonds. The van der Waals surface area contributed by atoms with Gasteiger partial charge in [-0.15, -0.1) is 0 Å². The van der Waals surface area contributed by atoms with Gasteiger partial charge in [0.15, 0.2) is 6.79 Å². The van der Waals surface area contributed by atoms with Crippen LogP contribution in [0.2, 0.25) is 0 Å². The molecule has 3 aromatic rings. The van der Waals surface area contributed by atoms with E-state index in [1.54, 1.807) is 6.20 Å². The molecule has 1 unspecified atom stereocenters. The Balaban J connectivity index is 1.61. The van der Waals surface area contributed by atoms with Crippen molar-refractivity contribution in [3.63, 3.8) is 0 Å². The van der Waals surface area contributed by atoms with Crippen LogP contribution in [-0.2, 0) is 23.2 Å². The van der Waals surface area contributed by atoms with Crippen LogP contribution in [0.15, 0.2) is 60.9 Å². The van der Waals surface area contributed by atoms with Crippen molar-refractivity contribution in [2.45, 2.75) is 12.6 Å². The number of benzene rings is 2. The van der Waals surface area contributed by atoms with Crippen molar-refractivity contribution >= 4 is 17.7 Å². The van der Waals surface area contributed by atoms with E-state index in [1.807, 2.05) is 48.1 Å². The van der Waals surface area contributed by atoms with Gasteiger partial charge in [-0.25, -0.2) is 4.98 Å². The Morgan fingerprint density at radius 3 is 2.84 bits per heavy atom. The van der Waals surface area contributed by atoms with Gasteiger partial charge >= 0.3 is 0 Å². The number of nitrogens with one attached hydrogen (secondary N) is 1. The first kappa shape index (κ1) is 20.3. The van der Waals surface area contributed by atoms with Crippen molar-refractivity contribution in [1.82, 2.24) is 14.9 Å². The molecule has 1 atom stereocenters. The fourth-order valence-electron chi connectivity index (χ4n) is 3.41. The highest BCUT2D eigenvalue weighted by Crippen LogP contribution is 2.33. The summed E-state index contributed by atoms with van der Waals surface area (Å²) in [5.74, 6) is 0.787. The number of non-ortho nitro benzene ring substituents is 1. The van der Waals surface area contributed by atoms with Gasteiger partial charge in [0.25, 0.3) is 5.69 Å². The Bertz CT molecular complexity index is 1140. The first-order chi connectivity index (χ1) is 15.0. The summed E-state index contributed by atoms with van der Waals surface area (Å²) in [6.07, 6.45) is 6.31. The van der Waals surface area contributed by atoms with E-state index in [2.05, 4.69) is 10.3 Å². The summed E-state index contributed by atoms with van der Waals surface area (Å²) in [5, 5.41) is 14.2. The smallest absolute Gasteiger partial charge is 0.270 e. The molecule has 1 aromatic heterocycles. The number of rotatable bonds is 6. The number of ether oxygens (including phenoxy) is 2. The number of hydrogen-bond acceptors (Lipinski definition) is 6. The minimum atomic E-state index is -0.487. The van der Waals surface area contributed by atoms with Gasteiger partial charge < -0.3 is 19.4 Å². The molecule has 4 rings (SSSR count). The maximum Gasteiger partial charge on any atom is 0.270 e. The monoisotopic (exact) mass is 420 g/mol. The van der Waals surface area contributed by atoms with E-state index >= 15 is 0 Å². The highest BCUT2D eigenvalue weighted by atomic mass is 16.7. The van der Waals surface area contributed by atoms with Crippen molar-refractivity contribution in [2.75, 3.05) is 6.79 Å². The second kappa shape index (κ2) is 8.80. The summed E-state index contributed by atoms with van der Waals surface area (Å²) in [6, 6.07) is 11.8. The Morgan fingerprint density at radius 1 is 1.32 bits per heavy atom. The second-order valence-corrected chi connectivity index (χ2v) is 6.97. The molecule has 0 bridgehead atoms. The van der Waals surface area contributed by atoms with Gasteiger partial charge in [-0.05, 0) is 11.6 Å². The third-order valence-corrected chi connectivity index (χ3v) is 4.88. The summed E-state index contributed by atoms with van der Waals surface area (Å²) in [5.41, 5.74) is 1.79. The number of nitrogens with zero attached hydrogens (tertiary/aromatic N) is 3. The molecule has 0 spiro atoms. The maximum absolute atomic E-state index is 12.8. The number of imidazole rings is 1. The van der Waals surface area contributed by atoms with Gasteiger partial charge in [-0.1, -0.05) is 30.3 Å². The maximum atomic E-state index is 12.8. The van der Waals surface area contributed by atoms with Crippen molar-refractivity contribution in [2.24, 2.45) is 7.05 Å². The van der Waals surface area contributed by atoms with Gasteiger partial charge in [0.1, 0.15) is 17.6 Å². The van der Waals surface area contributed by atoms with E-state index < -0.39 is 11.0 Å². The molecule has 2 aromatic carbocycles. The highest BCUT2D eigenvalue weighted by molar-refractivity contribution is 5.92. The number of nitro benzene ring substituents is 1. The van der Waals surface area contributed by atoms with Crippen LogP contribution in [0.4, 0.5) is 5.69 Å². The van der Waals surface area contributed by atoms with E-state index in [9.17, 15) is 14.9 Å². The van der Waals surface area contributed by atoms with Crippen LogP contribution < -0.4 is 10.1 Å². The van der Waals surface area contributed by atoms with E-state index in [0.717, 1.165) is 5.56 Å². The second-order valence-electron chi connectivity index (χ2n) is 6.97. The molecule has 0 aliphatic carbocycles. The lowest BCUT2D eigenvalue weighted by Gasteiger charge is -2.19. The SMILES string of the molecule is Cn1ccnc1C(NC(=O)/C=C/c1cc([N+](=O)[O-])cc2c1OCOC2)c1ccccc1. The van der Waals surface area contributed by atoms with Crippen LogP contribution in [-0.4, -0.2) is 27.2 Å². The molecular weight excluding hydrogens is 400 g/mol. The van der Waals surface area contributed by atoms with E-state index in [-0.39, 0.29) is 25.0 Å². The number of aryl methyl sites for hydroxylation is 1. The fraction of sp³-hybridized carbons (Fsp3) is 0.182. The minimum absolute atomic E-state index is 0.0487. The lowest BCUT2D eigenvalue weighted by molar-refractivity contribution is -0.385. The number of aromatic nitrogens is 2. The molecule has 9 nitrogen and oxygen atoms in total. The van der Waals surface area contributed by atoms with Crippen LogP contribution in [0.3, 0.4) is 0 Å². The molecule has 0 saturated carbocycles. The van der Waals surface area contributed by atoms with Crippen molar-refractivity contribution in [3.05, 3.63) is 93.6 Å². The average molecular weight is 420 g/mol. The summed E-state index contributed by atoms with van der Waals surface area (Å²) >= 11 is 0. The first-order valence-corrected chi connectivity index (χ1v) is 9.55. The molecular formula is C22H20N4O5. The van der Waals surface area contributed by atoms with Crippen LogP contribution in [0.1, 0.15) is 28.6 Å². The lowest BCUT2D eigenvalue weighted by atomic mass is 10.1. The molecule has 0 saturated heterocycles. The van der Waals surface area contributed by atoms with Crippen LogP contribution >= 0.6 is 0 Å². The zero-order chi connectivity index (χ0) is 21.8. The molecule has 0 radical (unpaired) electrons. The molecule has 31 heavy (non-hydrogen) atoms.